The average Bonchev–Trinajstić information content (AvgIpc) is 3.45. The molecule has 0 saturated carbocycles. The number of thiophene rings is 1. The van der Waals surface area contributed by atoms with Crippen molar-refractivity contribution >= 4 is 40.6 Å². The van der Waals surface area contributed by atoms with Gasteiger partial charge >= 0.3 is 0 Å². The molecule has 2 aromatic carbocycles. The fourth-order valence-corrected chi connectivity index (χ4v) is 6.13. The minimum Gasteiger partial charge on any atom is -0.328 e. The third kappa shape index (κ3) is 4.68. The number of carbonyl (C=O) groups excluding carboxylic acids is 1. The fourth-order valence-electron chi connectivity index (χ4n) is 4.29. The van der Waals surface area contributed by atoms with Crippen LogP contribution in [0.4, 0.5) is 16.0 Å². The van der Waals surface area contributed by atoms with E-state index in [4.69, 9.17) is 5.10 Å². The summed E-state index contributed by atoms with van der Waals surface area (Å²) in [4.78, 5) is 19.4. The second-order valence-electron chi connectivity index (χ2n) is 8.85. The molecule has 5 rings (SSSR count). The maximum Gasteiger partial charge on any atom is 0.255 e. The summed E-state index contributed by atoms with van der Waals surface area (Å²) in [7, 11) is 0. The Balaban J connectivity index is 1.49. The van der Waals surface area contributed by atoms with Crippen molar-refractivity contribution in [3.05, 3.63) is 98.1 Å². The first kappa shape index (κ1) is 24.3. The highest BCUT2D eigenvalue weighted by molar-refractivity contribution is 7.98. The average molecular weight is 520 g/mol. The third-order valence-electron chi connectivity index (χ3n) is 6.17. The number of aromatic nitrogens is 3. The van der Waals surface area contributed by atoms with Crippen LogP contribution in [0.25, 0.3) is 0 Å². The minimum atomic E-state index is -0.428. The van der Waals surface area contributed by atoms with Gasteiger partial charge in [-0.05, 0) is 68.0 Å². The van der Waals surface area contributed by atoms with Gasteiger partial charge in [0.2, 0.25) is 11.1 Å². The Labute approximate surface area is 217 Å². The summed E-state index contributed by atoms with van der Waals surface area (Å²) >= 11 is 2.95. The van der Waals surface area contributed by atoms with Gasteiger partial charge in [0, 0.05) is 22.0 Å². The Hall–Kier alpha value is -3.43. The van der Waals surface area contributed by atoms with E-state index in [0.717, 1.165) is 33.0 Å². The Bertz CT molecular complexity index is 1490. The van der Waals surface area contributed by atoms with E-state index in [2.05, 4.69) is 15.6 Å². The first-order valence-corrected chi connectivity index (χ1v) is 13.4. The van der Waals surface area contributed by atoms with Crippen molar-refractivity contribution in [3.8, 4) is 0 Å². The van der Waals surface area contributed by atoms with Crippen molar-refractivity contribution < 1.29 is 9.18 Å². The van der Waals surface area contributed by atoms with E-state index in [1.54, 1.807) is 28.2 Å². The predicted molar refractivity (Wildman–Crippen MR) is 144 cm³/mol. The number of aryl methyl sites for hydroxylation is 3. The zero-order chi connectivity index (χ0) is 25.4. The molecule has 36 heavy (non-hydrogen) atoms. The molecule has 0 aliphatic carbocycles. The highest BCUT2D eigenvalue weighted by Crippen LogP contribution is 2.40. The quantitative estimate of drug-likeness (QED) is 0.280. The number of nitrogens with one attached hydrogen (secondary N) is 2. The molecular formula is C27H26FN5OS2. The number of amides is 1. The van der Waals surface area contributed by atoms with Crippen LogP contribution < -0.4 is 10.6 Å². The topological polar surface area (TPSA) is 71.8 Å². The van der Waals surface area contributed by atoms with Crippen LogP contribution in [0.5, 0.6) is 0 Å². The number of nitrogens with zero attached hydrogens (tertiary/aromatic N) is 3. The standard InChI is InChI=1S/C27H26FN5OS2/c1-15-9-10-21(17(3)13-15)30-25(34)22-18(4)29-26-31-27(36-14-19-7-5-6-8-20(19)28)32-33(26)23(22)24-16(2)11-12-35-24/h5-13,23H,14H2,1-4H3,(H,30,34)(H,29,31,32). The summed E-state index contributed by atoms with van der Waals surface area (Å²) in [5.41, 5.74) is 5.90. The SMILES string of the molecule is CC1=C(C(=O)Nc2ccc(C)cc2C)C(c2sccc2C)n2nc(SCc3ccccc3F)nc2N1. The number of thioether (sulfide) groups is 1. The molecule has 0 spiro atoms. The van der Waals surface area contributed by atoms with Gasteiger partial charge in [-0.25, -0.2) is 9.07 Å². The van der Waals surface area contributed by atoms with E-state index in [1.807, 2.05) is 63.4 Å². The number of hydrogen-bond donors (Lipinski definition) is 2. The normalized spacial score (nSPS) is 15.0. The molecule has 3 heterocycles. The third-order valence-corrected chi connectivity index (χ3v) is 8.13. The lowest BCUT2D eigenvalue weighted by Crippen LogP contribution is -2.31. The Morgan fingerprint density at radius 1 is 1.14 bits per heavy atom. The van der Waals surface area contributed by atoms with Crippen LogP contribution in [0.2, 0.25) is 0 Å². The Morgan fingerprint density at radius 3 is 2.67 bits per heavy atom. The lowest BCUT2D eigenvalue weighted by Gasteiger charge is -2.28. The Kier molecular flexibility index (Phi) is 6.68. The molecule has 1 atom stereocenters. The number of benzene rings is 2. The van der Waals surface area contributed by atoms with Crippen LogP contribution in [-0.4, -0.2) is 20.7 Å². The number of anilines is 2. The van der Waals surface area contributed by atoms with Gasteiger partial charge in [0.1, 0.15) is 11.9 Å². The largest absolute Gasteiger partial charge is 0.328 e. The van der Waals surface area contributed by atoms with Crippen molar-refractivity contribution in [2.45, 2.75) is 44.6 Å². The van der Waals surface area contributed by atoms with Gasteiger partial charge < -0.3 is 10.6 Å². The van der Waals surface area contributed by atoms with Gasteiger partial charge in [0.25, 0.3) is 5.91 Å². The van der Waals surface area contributed by atoms with Crippen LogP contribution in [0, 0.1) is 26.6 Å². The number of halogens is 1. The molecule has 0 saturated heterocycles. The molecule has 0 fully saturated rings. The van der Waals surface area contributed by atoms with E-state index in [-0.39, 0.29) is 11.7 Å². The van der Waals surface area contributed by atoms with Gasteiger partial charge in [0.05, 0.1) is 5.57 Å². The summed E-state index contributed by atoms with van der Waals surface area (Å²) in [6.45, 7) is 7.93. The summed E-state index contributed by atoms with van der Waals surface area (Å²) in [5, 5.41) is 13.7. The zero-order valence-corrected chi connectivity index (χ0v) is 22.1. The highest BCUT2D eigenvalue weighted by atomic mass is 32.2. The maximum absolute atomic E-state index is 14.1. The number of fused-ring (bicyclic) bond motifs is 1. The molecule has 1 unspecified atom stereocenters. The number of allylic oxidation sites excluding steroid dienone is 1. The minimum absolute atomic E-state index is 0.188. The summed E-state index contributed by atoms with van der Waals surface area (Å²) in [6.07, 6.45) is 0. The predicted octanol–water partition coefficient (Wildman–Crippen LogP) is 6.62. The molecule has 1 amide bonds. The van der Waals surface area contributed by atoms with Gasteiger partial charge in [-0.1, -0.05) is 47.7 Å². The van der Waals surface area contributed by atoms with E-state index in [9.17, 15) is 9.18 Å². The smallest absolute Gasteiger partial charge is 0.255 e. The van der Waals surface area contributed by atoms with E-state index in [1.165, 1.54) is 17.8 Å². The van der Waals surface area contributed by atoms with Crippen molar-refractivity contribution in [2.75, 3.05) is 10.6 Å². The van der Waals surface area contributed by atoms with Gasteiger partial charge in [-0.15, -0.1) is 16.4 Å². The second kappa shape index (κ2) is 9.91. The number of hydrogen-bond acceptors (Lipinski definition) is 6. The van der Waals surface area contributed by atoms with Crippen LogP contribution in [-0.2, 0) is 10.5 Å². The van der Waals surface area contributed by atoms with Crippen molar-refractivity contribution in [1.29, 1.82) is 0 Å². The summed E-state index contributed by atoms with van der Waals surface area (Å²) in [6, 6.07) is 14.3. The highest BCUT2D eigenvalue weighted by Gasteiger charge is 2.36. The lowest BCUT2D eigenvalue weighted by atomic mass is 9.98. The molecule has 1 aliphatic rings. The van der Waals surface area contributed by atoms with Crippen molar-refractivity contribution in [2.24, 2.45) is 0 Å². The van der Waals surface area contributed by atoms with Crippen molar-refractivity contribution in [1.82, 2.24) is 14.8 Å². The molecule has 2 aromatic heterocycles. The van der Waals surface area contributed by atoms with Gasteiger partial charge in [-0.2, -0.15) is 4.98 Å². The zero-order valence-electron chi connectivity index (χ0n) is 20.4. The summed E-state index contributed by atoms with van der Waals surface area (Å²) in [5.74, 6) is 0.531. The van der Waals surface area contributed by atoms with Crippen LogP contribution in [0.15, 0.2) is 70.3 Å². The molecule has 1 aliphatic heterocycles. The molecule has 6 nitrogen and oxygen atoms in total. The van der Waals surface area contributed by atoms with Gasteiger partial charge in [-0.3, -0.25) is 4.79 Å². The molecule has 0 radical (unpaired) electrons. The number of rotatable bonds is 6. The molecule has 4 aromatic rings. The molecule has 9 heteroatoms. The first-order chi connectivity index (χ1) is 17.3. The van der Waals surface area contributed by atoms with Crippen LogP contribution >= 0.6 is 23.1 Å². The maximum atomic E-state index is 14.1. The molecule has 0 bridgehead atoms. The lowest BCUT2D eigenvalue weighted by molar-refractivity contribution is -0.113. The first-order valence-electron chi connectivity index (χ1n) is 11.5. The Morgan fingerprint density at radius 2 is 1.94 bits per heavy atom. The monoisotopic (exact) mass is 519 g/mol. The second-order valence-corrected chi connectivity index (χ2v) is 10.7. The molecule has 184 valence electrons. The van der Waals surface area contributed by atoms with Crippen LogP contribution in [0.1, 0.15) is 40.1 Å². The van der Waals surface area contributed by atoms with Crippen LogP contribution in [0.3, 0.4) is 0 Å². The van der Waals surface area contributed by atoms with E-state index in [0.29, 0.717) is 28.0 Å². The number of carbonyl (C=O) groups is 1. The fraction of sp³-hybridized carbons (Fsp3) is 0.222. The van der Waals surface area contributed by atoms with E-state index >= 15 is 0 Å². The van der Waals surface area contributed by atoms with Gasteiger partial charge in [0.15, 0.2) is 0 Å². The molecule has 2 N–H and O–H groups in total. The summed E-state index contributed by atoms with van der Waals surface area (Å²) < 4.78 is 15.9. The molecular weight excluding hydrogens is 493 g/mol. The van der Waals surface area contributed by atoms with Crippen molar-refractivity contribution in [3.63, 3.8) is 0 Å². The van der Waals surface area contributed by atoms with E-state index < -0.39 is 6.04 Å².